The van der Waals surface area contributed by atoms with E-state index in [9.17, 15) is 23.4 Å². The zero-order chi connectivity index (χ0) is 23.3. The number of ether oxygens (including phenoxy) is 1. The van der Waals surface area contributed by atoms with E-state index in [1.54, 1.807) is 18.2 Å². The molecule has 4 atom stereocenters. The minimum atomic E-state index is -4.31. The highest BCUT2D eigenvalue weighted by Gasteiger charge is 2.44. The van der Waals surface area contributed by atoms with Gasteiger partial charge in [0.05, 0.1) is 11.7 Å². The molecule has 0 bridgehead atoms. The van der Waals surface area contributed by atoms with Crippen LogP contribution in [0.25, 0.3) is 22.1 Å². The number of aliphatic hydroxyl groups is 2. The fourth-order valence-electron chi connectivity index (χ4n) is 3.70. The monoisotopic (exact) mass is 474 g/mol. The molecule has 1 aliphatic rings. The van der Waals surface area contributed by atoms with Crippen molar-refractivity contribution in [2.75, 3.05) is 12.3 Å². The van der Waals surface area contributed by atoms with Crippen LogP contribution in [0, 0.1) is 0 Å². The number of sulfonamides is 1. The normalized spacial score (nSPS) is 23.5. The van der Waals surface area contributed by atoms with Crippen molar-refractivity contribution in [1.82, 2.24) is 24.2 Å². The van der Waals surface area contributed by atoms with Gasteiger partial charge in [-0.25, -0.2) is 28.1 Å². The Hall–Kier alpha value is -3.43. The van der Waals surface area contributed by atoms with Crippen molar-refractivity contribution < 1.29 is 27.8 Å². The number of aliphatic hydroxyl groups excluding tert-OH is 2. The third-order valence-electron chi connectivity index (χ3n) is 5.41. The van der Waals surface area contributed by atoms with Gasteiger partial charge in [0.1, 0.15) is 42.0 Å². The van der Waals surface area contributed by atoms with E-state index < -0.39 is 51.4 Å². The Balaban J connectivity index is 1.37. The third-order valence-corrected chi connectivity index (χ3v) is 6.82. The summed E-state index contributed by atoms with van der Waals surface area (Å²) in [6.45, 7) is -0.424. The molecule has 3 aromatic heterocycles. The Morgan fingerprint density at radius 2 is 1.94 bits per heavy atom. The molecule has 0 amide bonds. The van der Waals surface area contributed by atoms with Gasteiger partial charge in [0.2, 0.25) is 15.5 Å². The molecule has 172 valence electrons. The quantitative estimate of drug-likeness (QED) is 0.280. The molecular formula is C19H18N6O7S. The van der Waals surface area contributed by atoms with Crippen molar-refractivity contribution in [1.29, 1.82) is 0 Å². The molecule has 5 N–H and O–H groups in total. The second-order valence-electron chi connectivity index (χ2n) is 7.41. The SMILES string of the molecule is Nc1ncnc2c1ncn2[C@@H]1O[C@H](CNS(=O)(=O)c2coc3ccccc3c2=O)[C@H](O)C1O. The van der Waals surface area contributed by atoms with Gasteiger partial charge in [-0.3, -0.25) is 9.36 Å². The molecule has 1 aromatic carbocycles. The van der Waals surface area contributed by atoms with Crippen LogP contribution in [0.15, 0.2) is 57.3 Å². The molecule has 1 saturated heterocycles. The Morgan fingerprint density at radius 1 is 1.15 bits per heavy atom. The van der Waals surface area contributed by atoms with Crippen LogP contribution in [0.1, 0.15) is 6.23 Å². The summed E-state index contributed by atoms with van der Waals surface area (Å²) in [5.74, 6) is 0.130. The van der Waals surface area contributed by atoms with Crippen LogP contribution in [0.5, 0.6) is 0 Å². The predicted molar refractivity (Wildman–Crippen MR) is 113 cm³/mol. The number of anilines is 1. The van der Waals surface area contributed by atoms with Crippen molar-refractivity contribution >= 4 is 38.0 Å². The van der Waals surface area contributed by atoms with E-state index in [1.807, 2.05) is 0 Å². The molecule has 0 aliphatic carbocycles. The molecule has 0 spiro atoms. The fraction of sp³-hybridized carbons (Fsp3) is 0.263. The van der Waals surface area contributed by atoms with E-state index in [0.29, 0.717) is 0 Å². The highest BCUT2D eigenvalue weighted by Crippen LogP contribution is 2.31. The van der Waals surface area contributed by atoms with Crippen LogP contribution in [-0.2, 0) is 14.8 Å². The first kappa shape index (κ1) is 21.4. The molecule has 14 heteroatoms. The summed E-state index contributed by atoms with van der Waals surface area (Å²) >= 11 is 0. The lowest BCUT2D eigenvalue weighted by Crippen LogP contribution is -2.40. The van der Waals surface area contributed by atoms with Crippen LogP contribution in [0.3, 0.4) is 0 Å². The molecular weight excluding hydrogens is 456 g/mol. The van der Waals surface area contributed by atoms with E-state index in [2.05, 4.69) is 19.7 Å². The van der Waals surface area contributed by atoms with Crippen LogP contribution >= 0.6 is 0 Å². The summed E-state index contributed by atoms with van der Waals surface area (Å²) in [6.07, 6.45) is -1.71. The molecule has 1 aliphatic heterocycles. The first-order valence-corrected chi connectivity index (χ1v) is 11.2. The number of nitrogens with two attached hydrogens (primary N) is 1. The highest BCUT2D eigenvalue weighted by molar-refractivity contribution is 7.89. The largest absolute Gasteiger partial charge is 0.463 e. The number of hydrogen-bond acceptors (Lipinski definition) is 11. The summed E-state index contributed by atoms with van der Waals surface area (Å²) in [4.78, 5) is 24.0. The number of aromatic nitrogens is 4. The topological polar surface area (TPSA) is 196 Å². The first-order valence-electron chi connectivity index (χ1n) is 9.73. The van der Waals surface area contributed by atoms with Crippen LogP contribution in [-0.4, -0.2) is 63.0 Å². The number of nitrogen functional groups attached to an aromatic ring is 1. The second kappa shape index (κ2) is 7.86. The number of hydrogen-bond donors (Lipinski definition) is 4. The molecule has 1 fully saturated rings. The van der Waals surface area contributed by atoms with Gasteiger partial charge in [0.15, 0.2) is 22.6 Å². The number of fused-ring (bicyclic) bond motifs is 2. The number of para-hydroxylation sites is 1. The highest BCUT2D eigenvalue weighted by atomic mass is 32.2. The molecule has 13 nitrogen and oxygen atoms in total. The molecule has 1 unspecified atom stereocenters. The van der Waals surface area contributed by atoms with E-state index in [0.717, 1.165) is 6.26 Å². The number of imidazole rings is 1. The van der Waals surface area contributed by atoms with E-state index in [1.165, 1.54) is 23.3 Å². The van der Waals surface area contributed by atoms with Crippen molar-refractivity contribution in [2.24, 2.45) is 0 Å². The fourth-order valence-corrected chi connectivity index (χ4v) is 4.77. The average molecular weight is 474 g/mol. The lowest BCUT2D eigenvalue weighted by Gasteiger charge is -2.16. The maximum atomic E-state index is 12.7. The first-order chi connectivity index (χ1) is 15.8. The number of benzene rings is 1. The second-order valence-corrected chi connectivity index (χ2v) is 9.14. The maximum absolute atomic E-state index is 12.7. The Labute approximate surface area is 185 Å². The smallest absolute Gasteiger partial charge is 0.247 e. The standard InChI is InChI=1S/C19H18N6O7S/c20-17-13-18(22-7-21-17)25(8-23-13)19-16(28)15(27)11(32-19)5-24-33(29,30)12-6-31-10-4-2-1-3-9(10)14(12)26/h1-4,6-8,11,15-16,19,24,27-28H,5H2,(H2,20,21,22)/t11-,15+,16?,19-/m1/s1. The maximum Gasteiger partial charge on any atom is 0.247 e. The predicted octanol–water partition coefficient (Wildman–Crippen LogP) is -0.887. The Kier molecular flexibility index (Phi) is 5.10. The van der Waals surface area contributed by atoms with Crippen LogP contribution < -0.4 is 15.9 Å². The van der Waals surface area contributed by atoms with E-state index in [4.69, 9.17) is 14.9 Å². The Morgan fingerprint density at radius 3 is 2.76 bits per heavy atom. The van der Waals surface area contributed by atoms with Gasteiger partial charge in [-0.05, 0) is 12.1 Å². The third kappa shape index (κ3) is 3.53. The summed E-state index contributed by atoms with van der Waals surface area (Å²) in [6, 6.07) is 6.24. The summed E-state index contributed by atoms with van der Waals surface area (Å²) in [5, 5.41) is 21.0. The van der Waals surface area contributed by atoms with Gasteiger partial charge in [-0.2, -0.15) is 0 Å². The minimum Gasteiger partial charge on any atom is -0.463 e. The molecule has 33 heavy (non-hydrogen) atoms. The average Bonchev–Trinajstić information content (AvgIpc) is 3.35. The molecule has 5 rings (SSSR count). The van der Waals surface area contributed by atoms with Gasteiger partial charge in [0, 0.05) is 6.54 Å². The van der Waals surface area contributed by atoms with Crippen LogP contribution in [0.4, 0.5) is 5.82 Å². The number of nitrogens with zero attached hydrogens (tertiary/aromatic N) is 4. The van der Waals surface area contributed by atoms with Crippen molar-refractivity contribution in [2.45, 2.75) is 29.4 Å². The summed E-state index contributed by atoms with van der Waals surface area (Å²) < 4.78 is 40.1. The lowest BCUT2D eigenvalue weighted by molar-refractivity contribution is -0.0330. The molecule has 0 saturated carbocycles. The number of rotatable bonds is 5. The van der Waals surface area contributed by atoms with Crippen molar-refractivity contribution in [3.63, 3.8) is 0 Å². The van der Waals surface area contributed by atoms with Crippen LogP contribution in [0.2, 0.25) is 0 Å². The Bertz CT molecular complexity index is 1520. The molecule has 0 radical (unpaired) electrons. The van der Waals surface area contributed by atoms with Crippen molar-refractivity contribution in [3.8, 4) is 0 Å². The minimum absolute atomic E-state index is 0.112. The summed E-state index contributed by atoms with van der Waals surface area (Å²) in [5.41, 5.74) is 5.85. The number of nitrogens with one attached hydrogen (secondary N) is 1. The lowest BCUT2D eigenvalue weighted by atomic mass is 10.1. The zero-order valence-electron chi connectivity index (χ0n) is 16.8. The van der Waals surface area contributed by atoms with Gasteiger partial charge < -0.3 is 25.1 Å². The van der Waals surface area contributed by atoms with Gasteiger partial charge in [-0.1, -0.05) is 12.1 Å². The van der Waals surface area contributed by atoms with Gasteiger partial charge in [-0.15, -0.1) is 0 Å². The molecule has 4 aromatic rings. The van der Waals surface area contributed by atoms with E-state index >= 15 is 0 Å². The van der Waals surface area contributed by atoms with Gasteiger partial charge >= 0.3 is 0 Å². The van der Waals surface area contributed by atoms with E-state index in [-0.39, 0.29) is 28.0 Å². The van der Waals surface area contributed by atoms with Crippen molar-refractivity contribution in [3.05, 3.63) is 53.4 Å². The molecule has 4 heterocycles. The zero-order valence-corrected chi connectivity index (χ0v) is 17.6. The summed E-state index contributed by atoms with van der Waals surface area (Å²) in [7, 11) is -4.31. The van der Waals surface area contributed by atoms with Gasteiger partial charge in [0.25, 0.3) is 0 Å².